The van der Waals surface area contributed by atoms with Crippen molar-refractivity contribution in [3.8, 4) is 0 Å². The van der Waals surface area contributed by atoms with E-state index in [4.69, 9.17) is 9.47 Å². The van der Waals surface area contributed by atoms with Crippen LogP contribution >= 0.6 is 0 Å². The fourth-order valence-corrected chi connectivity index (χ4v) is 0.440. The maximum absolute atomic E-state index is 9.70. The molecule has 0 saturated carbocycles. The quantitative estimate of drug-likeness (QED) is 0.534. The molecule has 1 heterocycles. The van der Waals surface area contributed by atoms with Crippen molar-refractivity contribution in [2.45, 2.75) is 6.92 Å². The van der Waals surface area contributed by atoms with Crippen molar-refractivity contribution in [2.24, 2.45) is 0 Å². The summed E-state index contributed by atoms with van der Waals surface area (Å²) in [6.07, 6.45) is 0. The highest BCUT2D eigenvalue weighted by atomic mass is 16.6. The molecular formula is C7H15NO3. The van der Waals surface area contributed by atoms with Crippen LogP contribution in [-0.2, 0) is 14.3 Å². The Kier molecular flexibility index (Phi) is 7.08. The summed E-state index contributed by atoms with van der Waals surface area (Å²) in [5.41, 5.74) is 0. The SMILES string of the molecule is C1COCCO1.CNC(C)=O. The van der Waals surface area contributed by atoms with Gasteiger partial charge in [-0.2, -0.15) is 0 Å². The van der Waals surface area contributed by atoms with E-state index in [0.29, 0.717) is 0 Å². The van der Waals surface area contributed by atoms with Crippen molar-refractivity contribution in [1.29, 1.82) is 0 Å². The largest absolute Gasteiger partial charge is 0.377 e. The summed E-state index contributed by atoms with van der Waals surface area (Å²) in [4.78, 5) is 9.70. The van der Waals surface area contributed by atoms with Crippen LogP contribution in [0.3, 0.4) is 0 Å². The molecule has 0 atom stereocenters. The first kappa shape index (κ1) is 10.4. The predicted molar refractivity (Wildman–Crippen MR) is 41.4 cm³/mol. The zero-order valence-electron chi connectivity index (χ0n) is 7.05. The van der Waals surface area contributed by atoms with Crippen LogP contribution in [-0.4, -0.2) is 39.4 Å². The van der Waals surface area contributed by atoms with E-state index in [1.165, 1.54) is 6.92 Å². The number of ether oxygens (including phenoxy) is 2. The Morgan fingerprint density at radius 3 is 1.55 bits per heavy atom. The molecule has 0 radical (unpaired) electrons. The molecule has 0 aromatic carbocycles. The molecule has 1 saturated heterocycles. The summed E-state index contributed by atoms with van der Waals surface area (Å²) in [5, 5.41) is 2.39. The van der Waals surface area contributed by atoms with Crippen molar-refractivity contribution >= 4 is 5.91 Å². The van der Waals surface area contributed by atoms with E-state index in [2.05, 4.69) is 5.32 Å². The second-order valence-electron chi connectivity index (χ2n) is 2.03. The van der Waals surface area contributed by atoms with Crippen molar-refractivity contribution in [3.63, 3.8) is 0 Å². The maximum Gasteiger partial charge on any atom is 0.216 e. The predicted octanol–water partition coefficient (Wildman–Crippen LogP) is -0.215. The Bertz CT molecular complexity index is 90.3. The fourth-order valence-electron chi connectivity index (χ4n) is 0.440. The lowest BCUT2D eigenvalue weighted by atomic mass is 10.6. The van der Waals surface area contributed by atoms with E-state index >= 15 is 0 Å². The van der Waals surface area contributed by atoms with Gasteiger partial charge in [0.25, 0.3) is 0 Å². The molecule has 1 aliphatic heterocycles. The number of carbonyl (C=O) groups is 1. The molecule has 66 valence electrons. The average Bonchev–Trinajstić information content (AvgIpc) is 2.09. The van der Waals surface area contributed by atoms with Gasteiger partial charge in [0.2, 0.25) is 5.91 Å². The van der Waals surface area contributed by atoms with Crippen LogP contribution < -0.4 is 5.32 Å². The molecule has 4 heteroatoms. The number of rotatable bonds is 0. The van der Waals surface area contributed by atoms with Crippen LogP contribution in [0, 0.1) is 0 Å². The zero-order valence-corrected chi connectivity index (χ0v) is 7.05. The Morgan fingerprint density at radius 1 is 1.18 bits per heavy atom. The monoisotopic (exact) mass is 161 g/mol. The van der Waals surface area contributed by atoms with E-state index in [0.717, 1.165) is 26.4 Å². The lowest BCUT2D eigenvalue weighted by Crippen LogP contribution is -2.16. The molecule has 0 aliphatic carbocycles. The summed E-state index contributed by atoms with van der Waals surface area (Å²) >= 11 is 0. The second-order valence-corrected chi connectivity index (χ2v) is 2.03. The van der Waals surface area contributed by atoms with Crippen LogP contribution in [0.1, 0.15) is 6.92 Å². The third kappa shape index (κ3) is 9.39. The van der Waals surface area contributed by atoms with Gasteiger partial charge in [0, 0.05) is 14.0 Å². The maximum atomic E-state index is 9.70. The molecule has 1 amide bonds. The average molecular weight is 161 g/mol. The van der Waals surface area contributed by atoms with Gasteiger partial charge in [-0.25, -0.2) is 0 Å². The highest BCUT2D eigenvalue weighted by molar-refractivity contribution is 5.72. The molecule has 1 N–H and O–H groups in total. The smallest absolute Gasteiger partial charge is 0.216 e. The van der Waals surface area contributed by atoms with E-state index in [9.17, 15) is 4.79 Å². The van der Waals surface area contributed by atoms with Crippen LogP contribution in [0.5, 0.6) is 0 Å². The van der Waals surface area contributed by atoms with Crippen LogP contribution in [0.25, 0.3) is 0 Å². The molecule has 0 aromatic rings. The first-order valence-corrected chi connectivity index (χ1v) is 3.61. The number of nitrogens with one attached hydrogen (secondary N) is 1. The molecular weight excluding hydrogens is 146 g/mol. The Balaban J connectivity index is 0.000000187. The summed E-state index contributed by atoms with van der Waals surface area (Å²) < 4.78 is 9.89. The number of amides is 1. The highest BCUT2D eigenvalue weighted by Gasteiger charge is 1.94. The van der Waals surface area contributed by atoms with Crippen LogP contribution in [0.15, 0.2) is 0 Å². The Labute approximate surface area is 66.9 Å². The molecule has 1 rings (SSSR count). The van der Waals surface area contributed by atoms with Gasteiger partial charge in [0.15, 0.2) is 0 Å². The summed E-state index contributed by atoms with van der Waals surface area (Å²) in [6.45, 7) is 4.58. The third-order valence-corrected chi connectivity index (χ3v) is 1.10. The van der Waals surface area contributed by atoms with Crippen LogP contribution in [0.2, 0.25) is 0 Å². The molecule has 1 fully saturated rings. The fraction of sp³-hybridized carbons (Fsp3) is 0.857. The third-order valence-electron chi connectivity index (χ3n) is 1.10. The van der Waals surface area contributed by atoms with E-state index < -0.39 is 0 Å². The normalized spacial score (nSPS) is 16.2. The zero-order chi connectivity index (χ0) is 8.53. The minimum atomic E-state index is 0.00463. The van der Waals surface area contributed by atoms with Gasteiger partial charge in [0.1, 0.15) is 0 Å². The van der Waals surface area contributed by atoms with Crippen molar-refractivity contribution in [3.05, 3.63) is 0 Å². The minimum Gasteiger partial charge on any atom is -0.377 e. The molecule has 0 unspecified atom stereocenters. The molecule has 11 heavy (non-hydrogen) atoms. The number of carbonyl (C=O) groups excluding carboxylic acids is 1. The molecule has 1 aliphatic rings. The number of hydrogen-bond donors (Lipinski definition) is 1. The molecule has 0 aromatic heterocycles. The lowest BCUT2D eigenvalue weighted by Gasteiger charge is -2.09. The molecule has 4 nitrogen and oxygen atoms in total. The van der Waals surface area contributed by atoms with E-state index in [-0.39, 0.29) is 5.91 Å². The van der Waals surface area contributed by atoms with Crippen LogP contribution in [0.4, 0.5) is 0 Å². The standard InChI is InChI=1S/C4H8O2.C3H7NO/c1-2-6-4-3-5-1;1-3(5)4-2/h1-4H2;1-2H3,(H,4,5). The van der Waals surface area contributed by atoms with Crippen molar-refractivity contribution < 1.29 is 14.3 Å². The van der Waals surface area contributed by atoms with Gasteiger partial charge in [0.05, 0.1) is 26.4 Å². The Morgan fingerprint density at radius 2 is 1.45 bits per heavy atom. The van der Waals surface area contributed by atoms with E-state index in [1.54, 1.807) is 7.05 Å². The lowest BCUT2D eigenvalue weighted by molar-refractivity contribution is -0.118. The van der Waals surface area contributed by atoms with Gasteiger partial charge in [-0.1, -0.05) is 0 Å². The Hall–Kier alpha value is -0.610. The van der Waals surface area contributed by atoms with Crippen molar-refractivity contribution in [2.75, 3.05) is 33.5 Å². The van der Waals surface area contributed by atoms with Gasteiger partial charge in [-0.15, -0.1) is 0 Å². The number of hydrogen-bond acceptors (Lipinski definition) is 3. The molecule has 0 bridgehead atoms. The second kappa shape index (κ2) is 7.50. The summed E-state index contributed by atoms with van der Waals surface area (Å²) in [5.74, 6) is 0.00463. The van der Waals surface area contributed by atoms with E-state index in [1.807, 2.05) is 0 Å². The van der Waals surface area contributed by atoms with Gasteiger partial charge < -0.3 is 14.8 Å². The van der Waals surface area contributed by atoms with Gasteiger partial charge >= 0.3 is 0 Å². The first-order chi connectivity index (χ1) is 5.27. The van der Waals surface area contributed by atoms with Gasteiger partial charge in [-0.3, -0.25) is 4.79 Å². The summed E-state index contributed by atoms with van der Waals surface area (Å²) in [6, 6.07) is 0. The topological polar surface area (TPSA) is 47.6 Å². The van der Waals surface area contributed by atoms with Gasteiger partial charge in [-0.05, 0) is 0 Å². The highest BCUT2D eigenvalue weighted by Crippen LogP contribution is 1.85. The molecule has 0 spiro atoms. The first-order valence-electron chi connectivity index (χ1n) is 3.61. The van der Waals surface area contributed by atoms with Crippen molar-refractivity contribution in [1.82, 2.24) is 5.32 Å². The minimum absolute atomic E-state index is 0.00463. The summed E-state index contributed by atoms with van der Waals surface area (Å²) in [7, 11) is 1.60.